The number of hydrogen-bond acceptors (Lipinski definition) is 4. The number of amides is 1. The summed E-state index contributed by atoms with van der Waals surface area (Å²) in [5.74, 6) is -0.138. The molecule has 2 atom stereocenters. The van der Waals surface area contributed by atoms with Crippen LogP contribution in [-0.4, -0.2) is 20.7 Å². The van der Waals surface area contributed by atoms with E-state index in [9.17, 15) is 9.59 Å². The largest absolute Gasteiger partial charge is 0.325 e. The van der Waals surface area contributed by atoms with Gasteiger partial charge in [0.2, 0.25) is 5.91 Å². The van der Waals surface area contributed by atoms with Gasteiger partial charge < -0.3 is 5.32 Å². The number of anilines is 1. The van der Waals surface area contributed by atoms with Crippen LogP contribution in [0.1, 0.15) is 33.2 Å². The van der Waals surface area contributed by atoms with Crippen LogP contribution >= 0.6 is 11.8 Å². The van der Waals surface area contributed by atoms with E-state index in [0.717, 1.165) is 23.2 Å². The Hall–Kier alpha value is -3.38. The number of aromatic nitrogens is 2. The highest BCUT2D eigenvalue weighted by Crippen LogP contribution is 2.30. The lowest BCUT2D eigenvalue weighted by molar-refractivity contribution is -0.115. The van der Waals surface area contributed by atoms with Crippen LogP contribution in [0.15, 0.2) is 88.8 Å². The third-order valence-corrected chi connectivity index (χ3v) is 6.79. The summed E-state index contributed by atoms with van der Waals surface area (Å²) in [6.45, 7) is 5.88. The molecule has 0 fully saturated rings. The van der Waals surface area contributed by atoms with E-state index in [2.05, 4.69) is 5.32 Å². The Morgan fingerprint density at radius 2 is 1.64 bits per heavy atom. The first kappa shape index (κ1) is 22.8. The van der Waals surface area contributed by atoms with Crippen LogP contribution in [0.2, 0.25) is 0 Å². The van der Waals surface area contributed by atoms with Crippen molar-refractivity contribution in [2.45, 2.75) is 43.6 Å². The number of nitrogens with one attached hydrogen (secondary N) is 1. The molecule has 5 nitrogen and oxygen atoms in total. The Kier molecular flexibility index (Phi) is 6.94. The Morgan fingerprint density at radius 1 is 0.970 bits per heavy atom. The number of carbonyl (C=O) groups excluding carboxylic acids is 1. The fraction of sp³-hybridized carbons (Fsp3) is 0.222. The van der Waals surface area contributed by atoms with Crippen LogP contribution in [0.5, 0.6) is 0 Å². The molecule has 0 unspecified atom stereocenters. The highest BCUT2D eigenvalue weighted by molar-refractivity contribution is 8.00. The molecule has 33 heavy (non-hydrogen) atoms. The molecule has 1 aromatic heterocycles. The number of rotatable bonds is 7. The molecule has 168 valence electrons. The van der Waals surface area contributed by atoms with E-state index in [1.807, 2.05) is 93.6 Å². The second-order valence-corrected chi connectivity index (χ2v) is 9.31. The third kappa shape index (κ3) is 4.86. The minimum atomic E-state index is -0.447. The number of hydrogen-bond donors (Lipinski definition) is 1. The molecule has 0 saturated carbocycles. The Morgan fingerprint density at radius 3 is 2.39 bits per heavy atom. The van der Waals surface area contributed by atoms with E-state index in [1.54, 1.807) is 10.6 Å². The van der Waals surface area contributed by atoms with Gasteiger partial charge in [-0.25, -0.2) is 4.98 Å². The Balaban J connectivity index is 1.63. The zero-order chi connectivity index (χ0) is 23.4. The molecular formula is C27H27N3O2S. The fourth-order valence-electron chi connectivity index (χ4n) is 3.69. The van der Waals surface area contributed by atoms with Gasteiger partial charge in [0.05, 0.1) is 16.2 Å². The molecular weight excluding hydrogens is 430 g/mol. The first-order valence-corrected chi connectivity index (χ1v) is 12.0. The molecule has 0 spiro atoms. The molecule has 1 heterocycles. The summed E-state index contributed by atoms with van der Waals surface area (Å²) in [7, 11) is 0. The molecule has 4 aromatic rings. The molecule has 6 heteroatoms. The number of carbonyl (C=O) groups is 1. The fourth-order valence-corrected chi connectivity index (χ4v) is 4.70. The summed E-state index contributed by atoms with van der Waals surface area (Å²) in [5.41, 5.74) is 3.33. The van der Waals surface area contributed by atoms with Gasteiger partial charge in [-0.05, 0) is 44.0 Å². The minimum absolute atomic E-state index is 0.0221. The van der Waals surface area contributed by atoms with Crippen molar-refractivity contribution in [3.63, 3.8) is 0 Å². The number of benzene rings is 3. The van der Waals surface area contributed by atoms with E-state index < -0.39 is 5.25 Å². The van der Waals surface area contributed by atoms with Gasteiger partial charge in [-0.2, -0.15) is 0 Å². The van der Waals surface area contributed by atoms with E-state index in [-0.39, 0.29) is 17.5 Å². The normalized spacial score (nSPS) is 12.9. The average Bonchev–Trinajstić information content (AvgIpc) is 2.84. The van der Waals surface area contributed by atoms with Crippen molar-refractivity contribution in [2.24, 2.45) is 0 Å². The highest BCUT2D eigenvalue weighted by atomic mass is 32.2. The van der Waals surface area contributed by atoms with Crippen molar-refractivity contribution < 1.29 is 4.79 Å². The standard InChI is InChI=1S/C27H27N3O2S/c1-4-18(2)30-26(32)22-15-9-11-17-24(22)29-27(30)33-19(3)25(31)28-23-16-10-8-14-21(23)20-12-6-5-7-13-20/h5-19H,4H2,1-3H3,(H,28,31)/t18-,19-/m1/s1. The van der Waals surface area contributed by atoms with Crippen molar-refractivity contribution >= 4 is 34.3 Å². The average molecular weight is 458 g/mol. The molecule has 0 bridgehead atoms. The van der Waals surface area contributed by atoms with Crippen LogP contribution < -0.4 is 10.9 Å². The van der Waals surface area contributed by atoms with Gasteiger partial charge in [-0.1, -0.05) is 79.3 Å². The van der Waals surface area contributed by atoms with E-state index >= 15 is 0 Å². The van der Waals surface area contributed by atoms with Crippen LogP contribution in [0.25, 0.3) is 22.0 Å². The zero-order valence-corrected chi connectivity index (χ0v) is 19.8. The number of thioether (sulfide) groups is 1. The maximum Gasteiger partial charge on any atom is 0.262 e. The summed E-state index contributed by atoms with van der Waals surface area (Å²) in [5, 5.41) is 3.78. The summed E-state index contributed by atoms with van der Waals surface area (Å²) in [6, 6.07) is 25.1. The molecule has 0 aliphatic carbocycles. The lowest BCUT2D eigenvalue weighted by Gasteiger charge is -2.20. The Bertz CT molecular complexity index is 1330. The quantitative estimate of drug-likeness (QED) is 0.267. The molecule has 1 amide bonds. The summed E-state index contributed by atoms with van der Waals surface area (Å²) < 4.78 is 1.72. The topological polar surface area (TPSA) is 64.0 Å². The van der Waals surface area contributed by atoms with E-state index in [1.165, 1.54) is 11.8 Å². The van der Waals surface area contributed by atoms with Crippen LogP contribution in [0.3, 0.4) is 0 Å². The molecule has 3 aromatic carbocycles. The molecule has 0 saturated heterocycles. The maximum atomic E-state index is 13.2. The van der Waals surface area contributed by atoms with Crippen molar-refractivity contribution in [1.82, 2.24) is 9.55 Å². The monoisotopic (exact) mass is 457 g/mol. The van der Waals surface area contributed by atoms with Crippen molar-refractivity contribution in [3.8, 4) is 11.1 Å². The smallest absolute Gasteiger partial charge is 0.262 e. The van der Waals surface area contributed by atoms with Gasteiger partial charge in [-0.3, -0.25) is 14.2 Å². The van der Waals surface area contributed by atoms with Crippen molar-refractivity contribution in [2.75, 3.05) is 5.32 Å². The number of fused-ring (bicyclic) bond motifs is 1. The number of para-hydroxylation sites is 2. The summed E-state index contributed by atoms with van der Waals surface area (Å²) in [6.07, 6.45) is 0.790. The van der Waals surface area contributed by atoms with Crippen molar-refractivity contribution in [3.05, 3.63) is 89.2 Å². The van der Waals surface area contributed by atoms with Gasteiger partial charge >= 0.3 is 0 Å². The van der Waals surface area contributed by atoms with Gasteiger partial charge in [0.25, 0.3) is 5.56 Å². The minimum Gasteiger partial charge on any atom is -0.325 e. The van der Waals surface area contributed by atoms with Crippen LogP contribution in [-0.2, 0) is 4.79 Å². The second-order valence-electron chi connectivity index (χ2n) is 8.00. The van der Waals surface area contributed by atoms with Gasteiger partial charge in [0, 0.05) is 17.3 Å². The lowest BCUT2D eigenvalue weighted by Crippen LogP contribution is -2.28. The van der Waals surface area contributed by atoms with E-state index in [4.69, 9.17) is 4.98 Å². The second kappa shape index (κ2) is 10.0. The van der Waals surface area contributed by atoms with Gasteiger partial charge in [-0.15, -0.1) is 0 Å². The Labute approximate surface area is 197 Å². The number of nitrogens with zero attached hydrogens (tertiary/aromatic N) is 2. The zero-order valence-electron chi connectivity index (χ0n) is 19.0. The van der Waals surface area contributed by atoms with Crippen LogP contribution in [0, 0.1) is 0 Å². The maximum absolute atomic E-state index is 13.2. The van der Waals surface area contributed by atoms with Gasteiger partial charge in [0.1, 0.15) is 0 Å². The first-order chi connectivity index (χ1) is 16.0. The summed E-state index contributed by atoms with van der Waals surface area (Å²) >= 11 is 1.31. The molecule has 4 rings (SSSR count). The third-order valence-electron chi connectivity index (χ3n) is 5.73. The van der Waals surface area contributed by atoms with Crippen LogP contribution in [0.4, 0.5) is 5.69 Å². The van der Waals surface area contributed by atoms with Gasteiger partial charge in [0.15, 0.2) is 5.16 Å². The molecule has 0 aliphatic heterocycles. The van der Waals surface area contributed by atoms with Crippen molar-refractivity contribution in [1.29, 1.82) is 0 Å². The highest BCUT2D eigenvalue weighted by Gasteiger charge is 2.22. The first-order valence-electron chi connectivity index (χ1n) is 11.1. The lowest BCUT2D eigenvalue weighted by atomic mass is 10.0. The molecule has 0 radical (unpaired) electrons. The summed E-state index contributed by atoms with van der Waals surface area (Å²) in [4.78, 5) is 31.1. The SMILES string of the molecule is CC[C@@H](C)n1c(S[C@H](C)C(=O)Nc2ccccc2-c2ccccc2)nc2ccccc2c1=O. The predicted molar refractivity (Wildman–Crippen MR) is 137 cm³/mol. The predicted octanol–water partition coefficient (Wildman–Crippen LogP) is 6.15. The molecule has 0 aliphatic rings. The van der Waals surface area contributed by atoms with E-state index in [0.29, 0.717) is 16.1 Å². The molecule has 1 N–H and O–H groups in total.